The molecule has 4 rings (SSSR count). The van der Waals surface area contributed by atoms with Gasteiger partial charge in [0.15, 0.2) is 0 Å². The summed E-state index contributed by atoms with van der Waals surface area (Å²) in [5.41, 5.74) is 0.319. The lowest BCUT2D eigenvalue weighted by Gasteiger charge is -2.30. The Kier molecular flexibility index (Phi) is 12.5. The van der Waals surface area contributed by atoms with Crippen molar-refractivity contribution < 1.29 is 27.9 Å². The number of aliphatic imine (C=N–C) groups is 1. The molecular formula is C33H46F3N5O3. The fourth-order valence-electron chi connectivity index (χ4n) is 5.50. The molecule has 1 aliphatic heterocycles. The Morgan fingerprint density at radius 3 is 2.32 bits per heavy atom. The highest BCUT2D eigenvalue weighted by atomic mass is 19.4. The summed E-state index contributed by atoms with van der Waals surface area (Å²) in [6.07, 6.45) is -0.596. The van der Waals surface area contributed by atoms with Crippen molar-refractivity contribution in [3.05, 3.63) is 65.2 Å². The van der Waals surface area contributed by atoms with Crippen LogP contribution in [0.5, 0.6) is 0 Å². The fourth-order valence-corrected chi connectivity index (χ4v) is 5.50. The number of para-hydroxylation sites is 1. The molecule has 0 spiro atoms. The van der Waals surface area contributed by atoms with Crippen molar-refractivity contribution in [3.8, 4) is 0 Å². The second-order valence-corrected chi connectivity index (χ2v) is 12.1. The Morgan fingerprint density at radius 1 is 1.11 bits per heavy atom. The Morgan fingerprint density at radius 2 is 1.73 bits per heavy atom. The van der Waals surface area contributed by atoms with E-state index in [9.17, 15) is 27.9 Å². The lowest BCUT2D eigenvalue weighted by atomic mass is 9.84. The third-order valence-corrected chi connectivity index (χ3v) is 7.87. The van der Waals surface area contributed by atoms with Crippen LogP contribution in [0.3, 0.4) is 0 Å². The highest BCUT2D eigenvalue weighted by molar-refractivity contribution is 6.20. The van der Waals surface area contributed by atoms with Gasteiger partial charge in [-0.25, -0.2) is 4.99 Å². The van der Waals surface area contributed by atoms with Crippen molar-refractivity contribution in [1.82, 2.24) is 15.5 Å². The number of rotatable bonds is 10. The number of likely N-dealkylation sites (N-methyl/N-ethyl adjacent to an activating group) is 1. The molecule has 2 aliphatic rings. The van der Waals surface area contributed by atoms with Crippen LogP contribution in [-0.2, 0) is 15.8 Å². The van der Waals surface area contributed by atoms with E-state index in [2.05, 4.69) is 22.5 Å². The van der Waals surface area contributed by atoms with Gasteiger partial charge in [0.05, 0.1) is 28.5 Å². The smallest absolute Gasteiger partial charge is 0.392 e. The van der Waals surface area contributed by atoms with Gasteiger partial charge < -0.3 is 25.5 Å². The zero-order valence-electron chi connectivity index (χ0n) is 26.4. The van der Waals surface area contributed by atoms with E-state index in [1.54, 1.807) is 31.3 Å². The number of carbonyl (C=O) groups is 2. The Labute approximate surface area is 258 Å². The van der Waals surface area contributed by atoms with Gasteiger partial charge in [-0.3, -0.25) is 9.59 Å². The maximum absolute atomic E-state index is 13.7. The standard InChI is InChI=1S/C30H37F3N4O3.C3H9N/c1-3-4-9-22(38)18-34-19-29(16-7-8-17-29)28(40)36-26-27(39)37(2)24-11-6-5-10-23(24)25(35-26)20-12-14-21(15-13-20)30(31,32)33;1-4(2)3/h5-6,10-15,22,26,34,38H,3-4,7-9,16-19H2,1-2H3,(H,36,40);1-3H3. The summed E-state index contributed by atoms with van der Waals surface area (Å²) < 4.78 is 39.6. The van der Waals surface area contributed by atoms with Gasteiger partial charge in [-0.1, -0.05) is 62.9 Å². The minimum atomic E-state index is -4.48. The molecule has 1 saturated carbocycles. The van der Waals surface area contributed by atoms with Crippen molar-refractivity contribution in [3.63, 3.8) is 0 Å². The number of hydrogen-bond acceptors (Lipinski definition) is 6. The predicted molar refractivity (Wildman–Crippen MR) is 168 cm³/mol. The molecule has 1 fully saturated rings. The van der Waals surface area contributed by atoms with Crippen molar-refractivity contribution in [2.45, 2.75) is 70.3 Å². The summed E-state index contributed by atoms with van der Waals surface area (Å²) in [7, 11) is 7.59. The lowest BCUT2D eigenvalue weighted by Crippen LogP contribution is -2.53. The van der Waals surface area contributed by atoms with Crippen LogP contribution < -0.4 is 15.5 Å². The fraction of sp³-hybridized carbons (Fsp3) is 0.545. The number of aliphatic hydroxyl groups excluding tert-OH is 1. The Bertz CT molecular complexity index is 1270. The zero-order chi connectivity index (χ0) is 32.5. The number of hydrogen-bond donors (Lipinski definition) is 3. The number of fused-ring (bicyclic) bond motifs is 1. The van der Waals surface area contributed by atoms with E-state index in [-0.39, 0.29) is 5.91 Å². The van der Waals surface area contributed by atoms with Crippen molar-refractivity contribution in [2.75, 3.05) is 46.2 Å². The average Bonchev–Trinajstić information content (AvgIpc) is 3.43. The molecular weight excluding hydrogens is 571 g/mol. The lowest BCUT2D eigenvalue weighted by molar-refractivity contribution is -0.137. The zero-order valence-corrected chi connectivity index (χ0v) is 26.4. The van der Waals surface area contributed by atoms with Gasteiger partial charge in [0.25, 0.3) is 5.91 Å². The van der Waals surface area contributed by atoms with Crippen molar-refractivity contribution in [1.29, 1.82) is 0 Å². The number of benzodiazepines with no additional fused rings is 1. The first-order valence-corrected chi connectivity index (χ1v) is 15.2. The van der Waals surface area contributed by atoms with Crippen LogP contribution in [0.25, 0.3) is 0 Å². The van der Waals surface area contributed by atoms with E-state index >= 15 is 0 Å². The van der Waals surface area contributed by atoms with Gasteiger partial charge in [-0.2, -0.15) is 13.2 Å². The largest absolute Gasteiger partial charge is 0.416 e. The summed E-state index contributed by atoms with van der Waals surface area (Å²) in [4.78, 5) is 35.3. The minimum Gasteiger partial charge on any atom is -0.392 e. The molecule has 1 aliphatic carbocycles. The molecule has 1 heterocycles. The van der Waals surface area contributed by atoms with E-state index < -0.39 is 35.3 Å². The predicted octanol–water partition coefficient (Wildman–Crippen LogP) is 4.84. The monoisotopic (exact) mass is 617 g/mol. The molecule has 242 valence electrons. The second kappa shape index (κ2) is 15.6. The van der Waals surface area contributed by atoms with E-state index in [1.807, 2.05) is 26.0 Å². The van der Waals surface area contributed by atoms with Crippen LogP contribution in [0.2, 0.25) is 0 Å². The molecule has 2 unspecified atom stereocenters. The van der Waals surface area contributed by atoms with Crippen LogP contribution >= 0.6 is 0 Å². The number of nitrogens with zero attached hydrogens (tertiary/aromatic N) is 3. The molecule has 0 bridgehead atoms. The van der Waals surface area contributed by atoms with Crippen LogP contribution in [0, 0.1) is 5.41 Å². The van der Waals surface area contributed by atoms with Crippen LogP contribution in [0.15, 0.2) is 53.5 Å². The number of carbonyl (C=O) groups excluding carboxylic acids is 2. The molecule has 0 saturated heterocycles. The molecule has 11 heteroatoms. The molecule has 44 heavy (non-hydrogen) atoms. The van der Waals surface area contributed by atoms with E-state index in [0.717, 1.165) is 37.8 Å². The van der Waals surface area contributed by atoms with Crippen LogP contribution in [0.4, 0.5) is 18.9 Å². The highest BCUT2D eigenvalue weighted by Gasteiger charge is 2.43. The topological polar surface area (TPSA) is 97.3 Å². The molecule has 2 atom stereocenters. The maximum atomic E-state index is 13.7. The van der Waals surface area contributed by atoms with E-state index in [1.165, 1.54) is 17.0 Å². The van der Waals surface area contributed by atoms with Gasteiger partial charge >= 0.3 is 6.18 Å². The molecule has 2 amide bonds. The van der Waals surface area contributed by atoms with Crippen molar-refractivity contribution in [2.24, 2.45) is 10.4 Å². The van der Waals surface area contributed by atoms with Gasteiger partial charge in [0, 0.05) is 31.3 Å². The summed E-state index contributed by atoms with van der Waals surface area (Å²) in [5.74, 6) is -0.743. The molecule has 2 aromatic rings. The molecule has 0 aromatic heterocycles. The number of alkyl halides is 3. The average molecular weight is 618 g/mol. The summed E-state index contributed by atoms with van der Waals surface area (Å²) in [6, 6.07) is 11.7. The number of amides is 2. The number of halogens is 3. The second-order valence-electron chi connectivity index (χ2n) is 12.1. The SMILES string of the molecule is CCCCC(O)CNCC1(C(=O)NC2N=C(c3ccc(C(F)(F)F)cc3)c3ccccc3N(C)C2=O)CCCC1.CN(C)C. The van der Waals surface area contributed by atoms with Gasteiger partial charge in [-0.05, 0) is 58.6 Å². The number of anilines is 1. The van der Waals surface area contributed by atoms with Crippen LogP contribution in [-0.4, -0.2) is 81.1 Å². The quantitative estimate of drug-likeness (QED) is 0.355. The first kappa shape index (κ1) is 35.2. The number of aliphatic hydroxyl groups is 1. The number of benzene rings is 2. The first-order valence-electron chi connectivity index (χ1n) is 15.2. The van der Waals surface area contributed by atoms with Crippen molar-refractivity contribution >= 4 is 23.2 Å². The Balaban J connectivity index is 0.00000124. The summed E-state index contributed by atoms with van der Waals surface area (Å²) in [5, 5.41) is 16.3. The maximum Gasteiger partial charge on any atom is 0.416 e. The third-order valence-electron chi connectivity index (χ3n) is 7.87. The molecule has 0 radical (unpaired) electrons. The number of unbranched alkanes of at least 4 members (excludes halogenated alkanes) is 1. The first-order chi connectivity index (χ1) is 20.8. The molecule has 3 N–H and O–H groups in total. The van der Waals surface area contributed by atoms with Gasteiger partial charge in [0.1, 0.15) is 0 Å². The van der Waals surface area contributed by atoms with Crippen LogP contribution in [0.1, 0.15) is 68.6 Å². The normalized spacial score (nSPS) is 18.6. The Hall–Kier alpha value is -3.28. The summed E-state index contributed by atoms with van der Waals surface area (Å²) >= 11 is 0. The molecule has 8 nitrogen and oxygen atoms in total. The van der Waals surface area contributed by atoms with E-state index in [4.69, 9.17) is 0 Å². The van der Waals surface area contributed by atoms with Gasteiger partial charge in [-0.15, -0.1) is 0 Å². The molecule has 2 aromatic carbocycles. The van der Waals surface area contributed by atoms with Gasteiger partial charge in [0.2, 0.25) is 12.1 Å². The third kappa shape index (κ3) is 9.12. The summed E-state index contributed by atoms with van der Waals surface area (Å²) in [6.45, 7) is 2.81. The van der Waals surface area contributed by atoms with E-state index in [0.29, 0.717) is 54.9 Å². The minimum absolute atomic E-state index is 0.297. The number of nitrogens with one attached hydrogen (secondary N) is 2. The highest BCUT2D eigenvalue weighted by Crippen LogP contribution is 2.38.